The zero-order valence-corrected chi connectivity index (χ0v) is 15.6. The van der Waals surface area contributed by atoms with E-state index in [4.69, 9.17) is 4.98 Å². The zero-order valence-electron chi connectivity index (χ0n) is 15.6. The number of likely N-dealkylation sites (tertiary alicyclic amines) is 1. The molecule has 0 radical (unpaired) electrons. The highest BCUT2D eigenvalue weighted by Crippen LogP contribution is 2.28. The van der Waals surface area contributed by atoms with Gasteiger partial charge in [0.15, 0.2) is 0 Å². The van der Waals surface area contributed by atoms with Crippen LogP contribution in [0.15, 0.2) is 54.6 Å². The molecule has 3 aromatic rings. The van der Waals surface area contributed by atoms with E-state index in [1.807, 2.05) is 35.2 Å². The summed E-state index contributed by atoms with van der Waals surface area (Å²) in [6.07, 6.45) is 3.34. The number of nitrogens with zero attached hydrogens (tertiary/aromatic N) is 2. The number of carbonyl (C=O) groups is 1. The van der Waals surface area contributed by atoms with Gasteiger partial charge in [0, 0.05) is 36.1 Å². The third-order valence-corrected chi connectivity index (χ3v) is 5.90. The Labute approximate surface area is 163 Å². The zero-order chi connectivity index (χ0) is 19.1. The van der Waals surface area contributed by atoms with E-state index in [2.05, 4.69) is 5.32 Å². The smallest absolute Gasteiger partial charge is 0.254 e. The number of hydrogen-bond donors (Lipinski definition) is 1. The maximum absolute atomic E-state index is 13.5. The van der Waals surface area contributed by atoms with Crippen LogP contribution in [0.1, 0.15) is 29.6 Å². The van der Waals surface area contributed by atoms with Crippen LogP contribution in [-0.2, 0) is 0 Å². The molecule has 2 fully saturated rings. The van der Waals surface area contributed by atoms with Crippen molar-refractivity contribution < 1.29 is 9.18 Å². The summed E-state index contributed by atoms with van der Waals surface area (Å²) in [5, 5.41) is 4.49. The summed E-state index contributed by atoms with van der Waals surface area (Å²) in [5.74, 6) is -0.232. The average molecular weight is 375 g/mol. The Morgan fingerprint density at radius 1 is 1.04 bits per heavy atom. The molecule has 2 saturated heterocycles. The van der Waals surface area contributed by atoms with E-state index in [0.717, 1.165) is 42.4 Å². The van der Waals surface area contributed by atoms with Gasteiger partial charge in [0.2, 0.25) is 0 Å². The largest absolute Gasteiger partial charge is 0.337 e. The highest BCUT2D eigenvalue weighted by molar-refractivity contribution is 6.07. The quantitative estimate of drug-likeness (QED) is 0.736. The Kier molecular flexibility index (Phi) is 4.32. The van der Waals surface area contributed by atoms with Gasteiger partial charge in [-0.3, -0.25) is 4.79 Å². The SMILES string of the molecule is O=C(c1cc(-c2ccc(F)cc2)nc2ccccc12)N1CCC2CCC(C1)N2. The second-order valence-corrected chi connectivity index (χ2v) is 7.76. The molecule has 0 spiro atoms. The number of para-hydroxylation sites is 1. The van der Waals surface area contributed by atoms with E-state index < -0.39 is 0 Å². The highest BCUT2D eigenvalue weighted by atomic mass is 19.1. The lowest BCUT2D eigenvalue weighted by molar-refractivity contribution is 0.0750. The first-order valence-electron chi connectivity index (χ1n) is 9.88. The van der Waals surface area contributed by atoms with Gasteiger partial charge in [-0.15, -0.1) is 0 Å². The number of fused-ring (bicyclic) bond motifs is 3. The van der Waals surface area contributed by atoms with E-state index >= 15 is 0 Å². The first kappa shape index (κ1) is 17.3. The lowest BCUT2D eigenvalue weighted by atomic mass is 10.0. The summed E-state index contributed by atoms with van der Waals surface area (Å²) in [6, 6.07) is 16.8. The first-order chi connectivity index (χ1) is 13.7. The second-order valence-electron chi connectivity index (χ2n) is 7.76. The predicted molar refractivity (Wildman–Crippen MR) is 108 cm³/mol. The van der Waals surface area contributed by atoms with Gasteiger partial charge in [-0.2, -0.15) is 0 Å². The Bertz CT molecular complexity index is 1030. The lowest BCUT2D eigenvalue weighted by Crippen LogP contribution is -2.39. The number of amides is 1. The van der Waals surface area contributed by atoms with Gasteiger partial charge in [-0.1, -0.05) is 18.2 Å². The molecule has 1 amide bonds. The van der Waals surface area contributed by atoms with Gasteiger partial charge in [-0.25, -0.2) is 9.37 Å². The van der Waals surface area contributed by atoms with Crippen molar-refractivity contribution in [3.8, 4) is 11.3 Å². The normalized spacial score (nSPS) is 21.7. The van der Waals surface area contributed by atoms with E-state index in [1.165, 1.54) is 18.6 Å². The molecule has 5 rings (SSSR count). The van der Waals surface area contributed by atoms with Crippen LogP contribution in [0.4, 0.5) is 4.39 Å². The third-order valence-electron chi connectivity index (χ3n) is 5.90. The molecule has 1 aromatic heterocycles. The van der Waals surface area contributed by atoms with Crippen LogP contribution in [0, 0.1) is 5.82 Å². The maximum Gasteiger partial charge on any atom is 0.254 e. The standard InChI is InChI=1S/C23H22FN3O/c24-16-7-5-15(6-8-16)22-13-20(19-3-1-2-4-21(19)26-22)23(28)27-12-11-17-9-10-18(14-27)25-17/h1-8,13,17-18,25H,9-12,14H2. The molecule has 2 atom stereocenters. The molecular weight excluding hydrogens is 353 g/mol. The lowest BCUT2D eigenvalue weighted by Gasteiger charge is -2.25. The van der Waals surface area contributed by atoms with Crippen molar-refractivity contribution in [2.45, 2.75) is 31.3 Å². The molecule has 2 aliphatic rings. The van der Waals surface area contributed by atoms with Crippen molar-refractivity contribution in [2.24, 2.45) is 0 Å². The van der Waals surface area contributed by atoms with E-state index in [-0.39, 0.29) is 11.7 Å². The van der Waals surface area contributed by atoms with E-state index in [0.29, 0.717) is 23.3 Å². The molecule has 4 nitrogen and oxygen atoms in total. The Hall–Kier alpha value is -2.79. The molecule has 28 heavy (non-hydrogen) atoms. The summed E-state index contributed by atoms with van der Waals surface area (Å²) in [7, 11) is 0. The van der Waals surface area contributed by atoms with Crippen molar-refractivity contribution >= 4 is 16.8 Å². The number of rotatable bonds is 2. The van der Waals surface area contributed by atoms with Crippen LogP contribution >= 0.6 is 0 Å². The topological polar surface area (TPSA) is 45.2 Å². The van der Waals surface area contributed by atoms with Gasteiger partial charge < -0.3 is 10.2 Å². The average Bonchev–Trinajstić information content (AvgIpc) is 3.06. The number of carbonyl (C=O) groups excluding carboxylic acids is 1. The van der Waals surface area contributed by atoms with Crippen molar-refractivity contribution in [3.63, 3.8) is 0 Å². The van der Waals surface area contributed by atoms with Crippen LogP contribution in [0.3, 0.4) is 0 Å². The molecule has 142 valence electrons. The van der Waals surface area contributed by atoms with Crippen LogP contribution in [0.2, 0.25) is 0 Å². The summed E-state index contributed by atoms with van der Waals surface area (Å²) in [6.45, 7) is 1.52. The van der Waals surface area contributed by atoms with Gasteiger partial charge in [0.25, 0.3) is 5.91 Å². The monoisotopic (exact) mass is 375 g/mol. The van der Waals surface area contributed by atoms with Crippen LogP contribution in [0.5, 0.6) is 0 Å². The van der Waals surface area contributed by atoms with Crippen molar-refractivity contribution in [2.75, 3.05) is 13.1 Å². The summed E-state index contributed by atoms with van der Waals surface area (Å²) < 4.78 is 13.3. The number of halogens is 1. The summed E-state index contributed by atoms with van der Waals surface area (Å²) in [4.78, 5) is 20.2. The van der Waals surface area contributed by atoms with Gasteiger partial charge in [0.1, 0.15) is 5.82 Å². The van der Waals surface area contributed by atoms with Crippen LogP contribution in [0.25, 0.3) is 22.2 Å². The minimum atomic E-state index is -0.284. The van der Waals surface area contributed by atoms with E-state index in [9.17, 15) is 9.18 Å². The van der Waals surface area contributed by atoms with Crippen molar-refractivity contribution in [3.05, 3.63) is 66.0 Å². The molecule has 1 N–H and O–H groups in total. The van der Waals surface area contributed by atoms with E-state index in [1.54, 1.807) is 12.1 Å². The van der Waals surface area contributed by atoms with Gasteiger partial charge >= 0.3 is 0 Å². The predicted octanol–water partition coefficient (Wildman–Crippen LogP) is 4.01. The minimum absolute atomic E-state index is 0.0521. The third kappa shape index (κ3) is 3.16. The van der Waals surface area contributed by atoms with Crippen LogP contribution in [-0.4, -0.2) is 41.0 Å². The fourth-order valence-corrected chi connectivity index (χ4v) is 4.42. The molecule has 5 heteroatoms. The summed E-state index contributed by atoms with van der Waals surface area (Å²) in [5.41, 5.74) is 2.94. The minimum Gasteiger partial charge on any atom is -0.337 e. The van der Waals surface area contributed by atoms with Gasteiger partial charge in [-0.05, 0) is 55.7 Å². The number of hydrogen-bond acceptors (Lipinski definition) is 3. The fourth-order valence-electron chi connectivity index (χ4n) is 4.42. The number of pyridine rings is 1. The second kappa shape index (κ2) is 6.99. The molecule has 3 heterocycles. The van der Waals surface area contributed by atoms with Crippen LogP contribution < -0.4 is 5.32 Å². The van der Waals surface area contributed by atoms with Crippen molar-refractivity contribution in [1.29, 1.82) is 0 Å². The van der Waals surface area contributed by atoms with Gasteiger partial charge in [0.05, 0.1) is 16.8 Å². The maximum atomic E-state index is 13.5. The summed E-state index contributed by atoms with van der Waals surface area (Å²) >= 11 is 0. The Morgan fingerprint density at radius 2 is 1.82 bits per heavy atom. The first-order valence-corrected chi connectivity index (χ1v) is 9.88. The Balaban J connectivity index is 1.57. The number of aromatic nitrogens is 1. The molecule has 0 saturated carbocycles. The molecular formula is C23H22FN3O. The molecule has 2 bridgehead atoms. The molecule has 2 unspecified atom stereocenters. The number of nitrogens with one attached hydrogen (secondary N) is 1. The fraction of sp³-hybridized carbons (Fsp3) is 0.304. The Morgan fingerprint density at radius 3 is 2.68 bits per heavy atom. The molecule has 0 aliphatic carbocycles. The highest BCUT2D eigenvalue weighted by Gasteiger charge is 2.32. The molecule has 2 aliphatic heterocycles. The van der Waals surface area contributed by atoms with Crippen molar-refractivity contribution in [1.82, 2.24) is 15.2 Å². The number of benzene rings is 2. The molecule has 2 aromatic carbocycles.